The summed E-state index contributed by atoms with van der Waals surface area (Å²) in [6, 6.07) is 5.16. The van der Waals surface area contributed by atoms with Crippen LogP contribution in [0.15, 0.2) is 23.2 Å². The Morgan fingerprint density at radius 2 is 2.00 bits per heavy atom. The van der Waals surface area contributed by atoms with Gasteiger partial charge in [0.05, 0.1) is 6.54 Å². The largest absolute Gasteiger partial charge is 0.381 e. The number of rotatable bonds is 7. The normalized spacial score (nSPS) is 16.7. The number of hydrogen-bond acceptors (Lipinski definition) is 3. The van der Waals surface area contributed by atoms with Gasteiger partial charge >= 0.3 is 0 Å². The number of benzene rings is 1. The van der Waals surface area contributed by atoms with Gasteiger partial charge in [-0.2, -0.15) is 11.8 Å². The van der Waals surface area contributed by atoms with Crippen LogP contribution in [0.4, 0.5) is 4.39 Å². The van der Waals surface area contributed by atoms with E-state index in [4.69, 9.17) is 4.74 Å². The molecule has 0 amide bonds. The van der Waals surface area contributed by atoms with Crippen LogP contribution in [0.2, 0.25) is 0 Å². The first-order chi connectivity index (χ1) is 12.1. The summed E-state index contributed by atoms with van der Waals surface area (Å²) in [7, 11) is 0. The molecule has 1 aromatic rings. The molecular weight excluding hydrogens is 464 g/mol. The zero-order chi connectivity index (χ0) is 18.1. The van der Waals surface area contributed by atoms with E-state index >= 15 is 0 Å². The van der Waals surface area contributed by atoms with Crippen molar-refractivity contribution in [2.45, 2.75) is 44.9 Å². The first kappa shape index (κ1) is 23.5. The van der Waals surface area contributed by atoms with Crippen molar-refractivity contribution in [2.24, 2.45) is 4.99 Å². The van der Waals surface area contributed by atoms with Gasteiger partial charge in [0.25, 0.3) is 0 Å². The van der Waals surface area contributed by atoms with Crippen molar-refractivity contribution in [2.75, 3.05) is 32.1 Å². The lowest BCUT2D eigenvalue weighted by Crippen LogP contribution is -2.48. The van der Waals surface area contributed by atoms with Gasteiger partial charge in [0, 0.05) is 31.1 Å². The third-order valence-electron chi connectivity index (χ3n) is 4.42. The summed E-state index contributed by atoms with van der Waals surface area (Å²) in [6.45, 7) is 9.93. The minimum absolute atomic E-state index is 0. The van der Waals surface area contributed by atoms with E-state index in [1.165, 1.54) is 6.07 Å². The first-order valence-corrected chi connectivity index (χ1v) is 10.1. The fourth-order valence-corrected chi connectivity index (χ4v) is 4.23. The number of thioether (sulfide) groups is 1. The van der Waals surface area contributed by atoms with Gasteiger partial charge in [0.15, 0.2) is 5.96 Å². The summed E-state index contributed by atoms with van der Waals surface area (Å²) in [5, 5.41) is 6.80. The molecule has 0 radical (unpaired) electrons. The minimum atomic E-state index is -0.171. The Hall–Kier alpha value is -0.540. The van der Waals surface area contributed by atoms with Crippen molar-refractivity contribution >= 4 is 41.7 Å². The second-order valence-corrected chi connectivity index (χ2v) is 8.09. The van der Waals surface area contributed by atoms with Crippen molar-refractivity contribution in [3.05, 3.63) is 35.1 Å². The van der Waals surface area contributed by atoms with Crippen molar-refractivity contribution in [1.82, 2.24) is 10.6 Å². The number of halogens is 2. The fraction of sp³-hybridized carbons (Fsp3) is 0.632. The molecule has 1 fully saturated rings. The number of ether oxygens (including phenoxy) is 1. The second-order valence-electron chi connectivity index (χ2n) is 6.36. The highest BCUT2D eigenvalue weighted by Gasteiger charge is 2.32. The number of hydrogen-bond donors (Lipinski definition) is 2. The highest BCUT2D eigenvalue weighted by atomic mass is 127. The molecule has 4 nitrogen and oxygen atoms in total. The Labute approximate surface area is 178 Å². The molecule has 0 spiro atoms. The molecule has 1 heterocycles. The summed E-state index contributed by atoms with van der Waals surface area (Å²) in [4.78, 5) is 4.66. The number of aryl methyl sites for hydroxylation is 1. The Morgan fingerprint density at radius 1 is 1.27 bits per heavy atom. The van der Waals surface area contributed by atoms with Gasteiger partial charge in [-0.15, -0.1) is 24.0 Å². The highest BCUT2D eigenvalue weighted by Crippen LogP contribution is 2.34. The molecule has 0 atom stereocenters. The molecule has 148 valence electrons. The van der Waals surface area contributed by atoms with Gasteiger partial charge in [-0.05, 0) is 49.6 Å². The summed E-state index contributed by atoms with van der Waals surface area (Å²) in [6.07, 6.45) is 2.13. The molecule has 0 saturated carbocycles. The topological polar surface area (TPSA) is 45.7 Å². The van der Waals surface area contributed by atoms with Gasteiger partial charge < -0.3 is 15.4 Å². The minimum Gasteiger partial charge on any atom is -0.381 e. The second kappa shape index (κ2) is 12.0. The molecule has 0 aromatic heterocycles. The maximum atomic E-state index is 13.4. The number of aliphatic imine (C=N–C) groups is 1. The van der Waals surface area contributed by atoms with E-state index in [0.717, 1.165) is 56.4 Å². The molecule has 1 aromatic carbocycles. The van der Waals surface area contributed by atoms with Crippen molar-refractivity contribution in [3.63, 3.8) is 0 Å². The van der Waals surface area contributed by atoms with E-state index in [1.54, 1.807) is 13.0 Å². The van der Waals surface area contributed by atoms with Crippen molar-refractivity contribution in [3.8, 4) is 0 Å². The summed E-state index contributed by atoms with van der Waals surface area (Å²) in [5.74, 6) is 1.74. The number of nitrogens with one attached hydrogen (secondary N) is 2. The van der Waals surface area contributed by atoms with Gasteiger partial charge in [-0.25, -0.2) is 9.38 Å². The average molecular weight is 495 g/mol. The SMILES string of the molecule is CCNC(=NCc1ccc(F)c(C)c1)NCC1(SCC)CCOCC1.I. The maximum absolute atomic E-state index is 13.4. The lowest BCUT2D eigenvalue weighted by molar-refractivity contribution is 0.0782. The van der Waals surface area contributed by atoms with Crippen LogP contribution in [-0.4, -0.2) is 42.8 Å². The Bertz CT molecular complexity index is 574. The molecule has 7 heteroatoms. The molecular formula is C19H31FIN3OS. The molecule has 2 rings (SSSR count). The summed E-state index contributed by atoms with van der Waals surface area (Å²) < 4.78 is 19.1. The monoisotopic (exact) mass is 495 g/mol. The van der Waals surface area contributed by atoms with Crippen molar-refractivity contribution in [1.29, 1.82) is 0 Å². The highest BCUT2D eigenvalue weighted by molar-refractivity contribution is 14.0. The average Bonchev–Trinajstić information content (AvgIpc) is 2.61. The summed E-state index contributed by atoms with van der Waals surface area (Å²) in [5.41, 5.74) is 1.67. The van der Waals surface area contributed by atoms with Gasteiger partial charge in [-0.3, -0.25) is 0 Å². The smallest absolute Gasteiger partial charge is 0.191 e. The van der Waals surface area contributed by atoms with Crippen LogP contribution in [0.5, 0.6) is 0 Å². The van der Waals surface area contributed by atoms with Gasteiger partial charge in [-0.1, -0.05) is 19.1 Å². The van der Waals surface area contributed by atoms with Crippen LogP contribution in [0.3, 0.4) is 0 Å². The molecule has 1 aliphatic heterocycles. The predicted molar refractivity (Wildman–Crippen MR) is 120 cm³/mol. The lowest BCUT2D eigenvalue weighted by Gasteiger charge is -2.37. The Balaban J connectivity index is 0.00000338. The maximum Gasteiger partial charge on any atom is 0.191 e. The van der Waals surface area contributed by atoms with Crippen LogP contribution in [-0.2, 0) is 11.3 Å². The fourth-order valence-electron chi connectivity index (χ4n) is 2.98. The molecule has 1 saturated heterocycles. The number of nitrogens with zero attached hydrogens (tertiary/aromatic N) is 1. The van der Waals surface area contributed by atoms with E-state index in [1.807, 2.05) is 17.8 Å². The van der Waals surface area contributed by atoms with Gasteiger partial charge in [0.2, 0.25) is 0 Å². The Kier molecular flexibility index (Phi) is 10.9. The lowest BCUT2D eigenvalue weighted by atomic mass is 9.99. The molecule has 0 aliphatic carbocycles. The molecule has 26 heavy (non-hydrogen) atoms. The van der Waals surface area contributed by atoms with Crippen LogP contribution in [0, 0.1) is 12.7 Å². The van der Waals surface area contributed by atoms with E-state index in [2.05, 4.69) is 29.5 Å². The predicted octanol–water partition coefficient (Wildman–Crippen LogP) is 4.11. The van der Waals surface area contributed by atoms with Gasteiger partial charge in [0.1, 0.15) is 5.82 Å². The Morgan fingerprint density at radius 3 is 2.62 bits per heavy atom. The van der Waals surface area contributed by atoms with E-state index < -0.39 is 0 Å². The number of guanidine groups is 1. The van der Waals surface area contributed by atoms with Crippen LogP contribution in [0.25, 0.3) is 0 Å². The van der Waals surface area contributed by atoms with Crippen LogP contribution < -0.4 is 10.6 Å². The third-order valence-corrected chi connectivity index (χ3v) is 5.87. The van der Waals surface area contributed by atoms with Crippen LogP contribution >= 0.6 is 35.7 Å². The molecule has 2 N–H and O–H groups in total. The zero-order valence-corrected chi connectivity index (χ0v) is 19.1. The van der Waals surface area contributed by atoms with Crippen LogP contribution in [0.1, 0.15) is 37.8 Å². The molecule has 1 aliphatic rings. The third kappa shape index (κ3) is 7.23. The van der Waals surface area contributed by atoms with E-state index in [9.17, 15) is 4.39 Å². The first-order valence-electron chi connectivity index (χ1n) is 9.07. The molecule has 0 unspecified atom stereocenters. The zero-order valence-electron chi connectivity index (χ0n) is 15.9. The quantitative estimate of drug-likeness (QED) is 0.340. The standard InChI is InChI=1S/C19H30FN3OS.HI/c1-4-21-18(22-13-16-6-7-17(20)15(3)12-16)23-14-19(25-5-2)8-10-24-11-9-19;/h6-7,12H,4-5,8-11,13-14H2,1-3H3,(H2,21,22,23);1H. The van der Waals surface area contributed by atoms with Crippen molar-refractivity contribution < 1.29 is 9.13 Å². The van der Waals surface area contributed by atoms with E-state index in [-0.39, 0.29) is 34.5 Å². The van der Waals surface area contributed by atoms with E-state index in [0.29, 0.717) is 12.1 Å². The summed E-state index contributed by atoms with van der Waals surface area (Å²) >= 11 is 2.01. The molecule has 0 bridgehead atoms.